The second-order valence-corrected chi connectivity index (χ2v) is 4.31. The van der Waals surface area contributed by atoms with Gasteiger partial charge in [-0.1, -0.05) is 11.6 Å². The second kappa shape index (κ2) is 5.12. The van der Waals surface area contributed by atoms with Crippen LogP contribution < -0.4 is 4.90 Å². The van der Waals surface area contributed by atoms with Gasteiger partial charge in [0.15, 0.2) is 11.0 Å². The van der Waals surface area contributed by atoms with Crippen LogP contribution in [0.25, 0.3) is 0 Å². The molecule has 16 heavy (non-hydrogen) atoms. The minimum Gasteiger partial charge on any atom is -0.381 e. The third kappa shape index (κ3) is 2.53. The van der Waals surface area contributed by atoms with Crippen LogP contribution in [0.4, 0.5) is 5.82 Å². The van der Waals surface area contributed by atoms with E-state index in [0.717, 1.165) is 25.9 Å². The molecule has 5 nitrogen and oxygen atoms in total. The first-order chi connectivity index (χ1) is 7.70. The van der Waals surface area contributed by atoms with Gasteiger partial charge in [0.05, 0.1) is 6.10 Å². The first kappa shape index (κ1) is 11.8. The fraction of sp³-hybridized carbons (Fsp3) is 0.667. The van der Waals surface area contributed by atoms with Crippen LogP contribution in [0.3, 0.4) is 0 Å². The van der Waals surface area contributed by atoms with Crippen molar-refractivity contribution in [3.63, 3.8) is 0 Å². The molecule has 0 aromatic carbocycles. The minimum atomic E-state index is 0.119. The highest BCUT2D eigenvalue weighted by molar-refractivity contribution is 6.32. The minimum absolute atomic E-state index is 0.119. The van der Waals surface area contributed by atoms with E-state index in [4.69, 9.17) is 27.9 Å². The van der Waals surface area contributed by atoms with Crippen molar-refractivity contribution in [3.05, 3.63) is 10.4 Å². The Morgan fingerprint density at radius 2 is 1.94 bits per heavy atom. The lowest BCUT2D eigenvalue weighted by molar-refractivity contribution is 0.0818. The smallest absolute Gasteiger partial charge is 0.245 e. The van der Waals surface area contributed by atoms with E-state index in [1.54, 1.807) is 7.11 Å². The fourth-order valence-corrected chi connectivity index (χ4v) is 2.11. The second-order valence-electron chi connectivity index (χ2n) is 3.62. The summed E-state index contributed by atoms with van der Waals surface area (Å²) >= 11 is 11.6. The molecule has 7 heteroatoms. The van der Waals surface area contributed by atoms with Gasteiger partial charge in [-0.15, -0.1) is 10.2 Å². The highest BCUT2D eigenvalue weighted by atomic mass is 35.5. The van der Waals surface area contributed by atoms with Crippen molar-refractivity contribution in [3.8, 4) is 0 Å². The van der Waals surface area contributed by atoms with Crippen molar-refractivity contribution in [2.75, 3.05) is 25.1 Å². The molecule has 1 aliphatic heterocycles. The molecule has 88 valence electrons. The molecule has 1 aliphatic rings. The molecule has 0 amide bonds. The molecule has 0 radical (unpaired) electrons. The highest BCUT2D eigenvalue weighted by Crippen LogP contribution is 2.25. The number of hydrogen-bond acceptors (Lipinski definition) is 5. The van der Waals surface area contributed by atoms with E-state index >= 15 is 0 Å². The van der Waals surface area contributed by atoms with Crippen LogP contribution in [0, 0.1) is 0 Å². The summed E-state index contributed by atoms with van der Waals surface area (Å²) in [5.41, 5.74) is 0. The lowest BCUT2D eigenvalue weighted by Crippen LogP contribution is -2.37. The van der Waals surface area contributed by atoms with Crippen molar-refractivity contribution in [2.45, 2.75) is 18.9 Å². The van der Waals surface area contributed by atoms with E-state index < -0.39 is 0 Å². The summed E-state index contributed by atoms with van der Waals surface area (Å²) in [7, 11) is 1.73. The van der Waals surface area contributed by atoms with Crippen LogP contribution in [0.2, 0.25) is 10.4 Å². The van der Waals surface area contributed by atoms with E-state index in [1.165, 1.54) is 0 Å². The maximum absolute atomic E-state index is 5.93. The van der Waals surface area contributed by atoms with Crippen molar-refractivity contribution in [1.29, 1.82) is 0 Å². The Hall–Kier alpha value is -0.650. The molecule has 0 N–H and O–H groups in total. The molecule has 1 aromatic heterocycles. The summed E-state index contributed by atoms with van der Waals surface area (Å²) in [4.78, 5) is 6.15. The Labute approximate surface area is 104 Å². The quantitative estimate of drug-likeness (QED) is 0.814. The zero-order valence-electron chi connectivity index (χ0n) is 8.86. The Morgan fingerprint density at radius 1 is 1.25 bits per heavy atom. The summed E-state index contributed by atoms with van der Waals surface area (Å²) in [6, 6.07) is 0. The fourth-order valence-electron chi connectivity index (χ4n) is 1.79. The van der Waals surface area contributed by atoms with Crippen LogP contribution in [0.15, 0.2) is 0 Å². The lowest BCUT2D eigenvalue weighted by atomic mass is 10.1. The molecule has 0 saturated carbocycles. The Kier molecular flexibility index (Phi) is 3.78. The number of ether oxygens (including phenoxy) is 1. The van der Waals surface area contributed by atoms with Gasteiger partial charge in [0.2, 0.25) is 5.28 Å². The maximum Gasteiger partial charge on any atom is 0.245 e. The predicted molar refractivity (Wildman–Crippen MR) is 62.1 cm³/mol. The summed E-state index contributed by atoms with van der Waals surface area (Å²) in [5.74, 6) is 0.608. The van der Waals surface area contributed by atoms with Gasteiger partial charge >= 0.3 is 0 Å². The van der Waals surface area contributed by atoms with Gasteiger partial charge in [-0.05, 0) is 24.4 Å². The Morgan fingerprint density at radius 3 is 2.56 bits per heavy atom. The van der Waals surface area contributed by atoms with E-state index in [2.05, 4.69) is 20.1 Å². The van der Waals surface area contributed by atoms with Gasteiger partial charge in [0.25, 0.3) is 0 Å². The summed E-state index contributed by atoms with van der Waals surface area (Å²) in [5, 5.41) is 7.74. The third-order valence-electron chi connectivity index (χ3n) is 2.68. The van der Waals surface area contributed by atoms with Gasteiger partial charge in [0, 0.05) is 20.2 Å². The van der Waals surface area contributed by atoms with E-state index in [9.17, 15) is 0 Å². The summed E-state index contributed by atoms with van der Waals surface area (Å²) < 4.78 is 5.30. The van der Waals surface area contributed by atoms with Crippen molar-refractivity contribution in [1.82, 2.24) is 15.2 Å². The average Bonchev–Trinajstić information content (AvgIpc) is 2.32. The monoisotopic (exact) mass is 262 g/mol. The normalized spacial score (nSPS) is 17.8. The highest BCUT2D eigenvalue weighted by Gasteiger charge is 2.22. The van der Waals surface area contributed by atoms with Crippen LogP contribution >= 0.6 is 23.2 Å². The molecule has 0 unspecified atom stereocenters. The largest absolute Gasteiger partial charge is 0.381 e. The molecule has 1 fully saturated rings. The number of halogens is 2. The van der Waals surface area contributed by atoms with Crippen LogP contribution in [-0.4, -0.2) is 41.5 Å². The Bertz CT molecular complexity index is 369. The van der Waals surface area contributed by atoms with Crippen LogP contribution in [-0.2, 0) is 4.74 Å². The molecule has 0 bridgehead atoms. The van der Waals surface area contributed by atoms with E-state index in [-0.39, 0.29) is 5.28 Å². The number of aromatic nitrogens is 3. The van der Waals surface area contributed by atoms with E-state index in [0.29, 0.717) is 17.1 Å². The number of nitrogens with zero attached hydrogens (tertiary/aromatic N) is 4. The van der Waals surface area contributed by atoms with Crippen LogP contribution in [0.1, 0.15) is 12.8 Å². The van der Waals surface area contributed by atoms with Crippen molar-refractivity contribution >= 4 is 29.0 Å². The SMILES string of the molecule is COC1CCN(c2nc(Cl)nnc2Cl)CC1. The Balaban J connectivity index is 2.10. The van der Waals surface area contributed by atoms with Crippen LogP contribution in [0.5, 0.6) is 0 Å². The molecule has 2 rings (SSSR count). The standard InChI is InChI=1S/C9H12Cl2N4O/c1-16-6-2-4-15(5-3-6)8-7(10)13-14-9(11)12-8/h6H,2-5H2,1H3. The third-order valence-corrected chi connectivity index (χ3v) is 3.08. The number of anilines is 1. The first-order valence-corrected chi connectivity index (χ1v) is 5.79. The predicted octanol–water partition coefficient (Wildman–Crippen LogP) is 1.79. The molecular weight excluding hydrogens is 251 g/mol. The molecule has 0 spiro atoms. The topological polar surface area (TPSA) is 51.1 Å². The van der Waals surface area contributed by atoms with Gasteiger partial charge in [-0.3, -0.25) is 0 Å². The lowest BCUT2D eigenvalue weighted by Gasteiger charge is -2.31. The molecule has 0 aliphatic carbocycles. The molecule has 0 atom stereocenters. The zero-order chi connectivity index (χ0) is 11.5. The maximum atomic E-state index is 5.93. The van der Waals surface area contributed by atoms with Gasteiger partial charge < -0.3 is 9.64 Å². The summed E-state index contributed by atoms with van der Waals surface area (Å²) in [6.07, 6.45) is 2.23. The molecule has 1 aromatic rings. The molecule has 1 saturated heterocycles. The molecular formula is C9H12Cl2N4O. The first-order valence-electron chi connectivity index (χ1n) is 5.04. The molecule has 2 heterocycles. The number of piperidine rings is 1. The zero-order valence-corrected chi connectivity index (χ0v) is 10.4. The summed E-state index contributed by atoms with van der Waals surface area (Å²) in [6.45, 7) is 1.68. The van der Waals surface area contributed by atoms with Gasteiger partial charge in [-0.25, -0.2) is 0 Å². The van der Waals surface area contributed by atoms with Crippen molar-refractivity contribution < 1.29 is 4.74 Å². The van der Waals surface area contributed by atoms with Crippen molar-refractivity contribution in [2.24, 2.45) is 0 Å². The van der Waals surface area contributed by atoms with E-state index in [1.807, 2.05) is 0 Å². The van der Waals surface area contributed by atoms with Gasteiger partial charge in [-0.2, -0.15) is 4.98 Å². The number of methoxy groups -OCH3 is 1. The van der Waals surface area contributed by atoms with Gasteiger partial charge in [0.1, 0.15) is 0 Å². The number of hydrogen-bond donors (Lipinski definition) is 0. The average molecular weight is 263 g/mol. The number of rotatable bonds is 2.